The van der Waals surface area contributed by atoms with E-state index < -0.39 is 10.0 Å². The molecule has 10 heteroatoms. The van der Waals surface area contributed by atoms with Gasteiger partial charge in [0.25, 0.3) is 5.91 Å². The number of carbonyl (C=O) groups excluding carboxylic acids is 1. The number of hydrogen-bond acceptors (Lipinski definition) is 6. The first-order valence-corrected chi connectivity index (χ1v) is 11.9. The Labute approximate surface area is 179 Å². The normalized spacial score (nSPS) is 11.2. The van der Waals surface area contributed by atoms with E-state index in [2.05, 4.69) is 15.0 Å². The fourth-order valence-electron chi connectivity index (χ4n) is 2.75. The minimum atomic E-state index is -3.45. The molecule has 0 saturated carbocycles. The highest BCUT2D eigenvalue weighted by Crippen LogP contribution is 2.29. The third-order valence-corrected chi connectivity index (χ3v) is 6.21. The van der Waals surface area contributed by atoms with Crippen LogP contribution in [0, 0.1) is 0 Å². The summed E-state index contributed by atoms with van der Waals surface area (Å²) in [6.45, 7) is 1.54. The van der Waals surface area contributed by atoms with Gasteiger partial charge in [-0.1, -0.05) is 30.0 Å². The Hall–Kier alpha value is -2.98. The zero-order valence-electron chi connectivity index (χ0n) is 16.7. The highest BCUT2D eigenvalue weighted by molar-refractivity contribution is 7.98. The van der Waals surface area contributed by atoms with Crippen LogP contribution in [0.25, 0.3) is 5.69 Å². The van der Waals surface area contributed by atoms with Crippen LogP contribution in [0.1, 0.15) is 17.4 Å². The predicted octanol–water partition coefficient (Wildman–Crippen LogP) is 3.62. The average molecular weight is 447 g/mol. The number of amides is 1. The average Bonchev–Trinajstić information content (AvgIpc) is 3.19. The molecule has 0 aliphatic heterocycles. The molecular weight excluding hydrogens is 424 g/mol. The third-order valence-electron chi connectivity index (χ3n) is 4.26. The predicted molar refractivity (Wildman–Crippen MR) is 119 cm³/mol. The molecule has 3 aromatic rings. The molecule has 0 radical (unpaired) electrons. The molecule has 0 spiro atoms. The topological polar surface area (TPSA) is 102 Å². The molecule has 0 aliphatic carbocycles. The van der Waals surface area contributed by atoms with Gasteiger partial charge in [-0.2, -0.15) is 0 Å². The van der Waals surface area contributed by atoms with E-state index in [-0.39, 0.29) is 11.7 Å². The van der Waals surface area contributed by atoms with Crippen LogP contribution < -0.4 is 14.8 Å². The van der Waals surface area contributed by atoms with Crippen molar-refractivity contribution in [1.82, 2.24) is 9.55 Å². The SMILES string of the molecule is CCS(=O)(=O)Nc1ccc(NC(=O)c2cnc(SC)n2-c2ccccc2)cc1OC. The van der Waals surface area contributed by atoms with Gasteiger partial charge in [0, 0.05) is 17.4 Å². The Kier molecular flexibility index (Phi) is 6.68. The zero-order valence-corrected chi connectivity index (χ0v) is 18.4. The largest absolute Gasteiger partial charge is 0.494 e. The Balaban J connectivity index is 1.89. The van der Waals surface area contributed by atoms with Crippen LogP contribution >= 0.6 is 11.8 Å². The number of methoxy groups -OCH3 is 1. The number of thioether (sulfide) groups is 1. The van der Waals surface area contributed by atoms with E-state index in [1.54, 1.807) is 29.7 Å². The van der Waals surface area contributed by atoms with Crippen LogP contribution in [0.3, 0.4) is 0 Å². The summed E-state index contributed by atoms with van der Waals surface area (Å²) in [6.07, 6.45) is 3.42. The zero-order chi connectivity index (χ0) is 21.7. The first-order valence-electron chi connectivity index (χ1n) is 9.05. The van der Waals surface area contributed by atoms with Gasteiger partial charge < -0.3 is 10.1 Å². The van der Waals surface area contributed by atoms with Gasteiger partial charge in [0.1, 0.15) is 11.4 Å². The van der Waals surface area contributed by atoms with Gasteiger partial charge in [-0.05, 0) is 37.4 Å². The second-order valence-corrected chi connectivity index (χ2v) is 8.96. The minimum absolute atomic E-state index is 0.0596. The van der Waals surface area contributed by atoms with Crippen LogP contribution in [-0.2, 0) is 10.0 Å². The smallest absolute Gasteiger partial charge is 0.274 e. The van der Waals surface area contributed by atoms with Gasteiger partial charge >= 0.3 is 0 Å². The second-order valence-electron chi connectivity index (χ2n) is 6.18. The molecule has 2 aromatic carbocycles. The lowest BCUT2D eigenvalue weighted by atomic mass is 10.2. The number of imidazole rings is 1. The number of rotatable bonds is 8. The summed E-state index contributed by atoms with van der Waals surface area (Å²) >= 11 is 1.44. The minimum Gasteiger partial charge on any atom is -0.494 e. The van der Waals surface area contributed by atoms with E-state index in [4.69, 9.17) is 4.74 Å². The number of hydrogen-bond donors (Lipinski definition) is 2. The Morgan fingerprint density at radius 3 is 2.57 bits per heavy atom. The van der Waals surface area contributed by atoms with Crippen molar-refractivity contribution in [2.24, 2.45) is 0 Å². The van der Waals surface area contributed by atoms with Gasteiger partial charge in [-0.25, -0.2) is 13.4 Å². The number of aromatic nitrogens is 2. The number of para-hydroxylation sites is 1. The lowest BCUT2D eigenvalue weighted by Crippen LogP contribution is -2.17. The molecule has 0 aliphatic rings. The molecule has 0 fully saturated rings. The molecule has 3 rings (SSSR count). The molecule has 0 saturated heterocycles. The Bertz CT molecular complexity index is 1140. The number of ether oxygens (including phenoxy) is 1. The van der Waals surface area contributed by atoms with E-state index in [1.807, 2.05) is 36.6 Å². The van der Waals surface area contributed by atoms with Gasteiger partial charge in [-0.3, -0.25) is 14.1 Å². The van der Waals surface area contributed by atoms with Crippen LogP contribution in [0.2, 0.25) is 0 Å². The van der Waals surface area contributed by atoms with E-state index >= 15 is 0 Å². The number of benzene rings is 2. The first-order chi connectivity index (χ1) is 14.4. The molecule has 0 unspecified atom stereocenters. The highest BCUT2D eigenvalue weighted by Gasteiger charge is 2.19. The van der Waals surface area contributed by atoms with E-state index in [0.717, 1.165) is 5.69 Å². The van der Waals surface area contributed by atoms with Crippen molar-refractivity contribution in [2.75, 3.05) is 29.2 Å². The number of carbonyl (C=O) groups is 1. The molecule has 0 bridgehead atoms. The van der Waals surface area contributed by atoms with Crippen molar-refractivity contribution in [3.05, 3.63) is 60.4 Å². The summed E-state index contributed by atoms with van der Waals surface area (Å²) in [6, 6.07) is 14.2. The quantitative estimate of drug-likeness (QED) is 0.513. The van der Waals surface area contributed by atoms with Crippen molar-refractivity contribution in [3.8, 4) is 11.4 Å². The molecule has 0 atom stereocenters. The maximum atomic E-state index is 13.0. The second kappa shape index (κ2) is 9.23. The number of sulfonamides is 1. The van der Waals surface area contributed by atoms with E-state index in [1.165, 1.54) is 25.1 Å². The summed E-state index contributed by atoms with van der Waals surface area (Å²) in [7, 11) is -2.02. The maximum absolute atomic E-state index is 13.0. The van der Waals surface area contributed by atoms with Gasteiger partial charge in [0.15, 0.2) is 5.16 Å². The summed E-state index contributed by atoms with van der Waals surface area (Å²) in [4.78, 5) is 17.3. The van der Waals surface area contributed by atoms with Gasteiger partial charge in [-0.15, -0.1) is 0 Å². The summed E-state index contributed by atoms with van der Waals surface area (Å²) in [5.41, 5.74) is 1.96. The van der Waals surface area contributed by atoms with Crippen molar-refractivity contribution < 1.29 is 17.9 Å². The van der Waals surface area contributed by atoms with Crippen molar-refractivity contribution in [1.29, 1.82) is 0 Å². The fourth-order valence-corrected chi connectivity index (χ4v) is 3.95. The lowest BCUT2D eigenvalue weighted by molar-refractivity contribution is 0.102. The van der Waals surface area contributed by atoms with Crippen molar-refractivity contribution in [2.45, 2.75) is 12.1 Å². The molecule has 1 heterocycles. The van der Waals surface area contributed by atoms with Crippen LogP contribution in [-0.4, -0.2) is 43.0 Å². The number of anilines is 2. The number of nitrogens with one attached hydrogen (secondary N) is 2. The Morgan fingerprint density at radius 2 is 1.93 bits per heavy atom. The summed E-state index contributed by atoms with van der Waals surface area (Å²) in [5, 5.41) is 3.51. The van der Waals surface area contributed by atoms with Gasteiger partial charge in [0.05, 0.1) is 24.7 Å². The van der Waals surface area contributed by atoms with Crippen LogP contribution in [0.5, 0.6) is 5.75 Å². The molecule has 1 aromatic heterocycles. The molecule has 2 N–H and O–H groups in total. The lowest BCUT2D eigenvalue weighted by Gasteiger charge is -2.14. The van der Waals surface area contributed by atoms with Crippen LogP contribution in [0.15, 0.2) is 59.9 Å². The summed E-state index contributed by atoms with van der Waals surface area (Å²) in [5.74, 6) is -0.114. The molecule has 1 amide bonds. The Morgan fingerprint density at radius 1 is 1.20 bits per heavy atom. The monoisotopic (exact) mass is 446 g/mol. The fraction of sp³-hybridized carbons (Fsp3) is 0.200. The maximum Gasteiger partial charge on any atom is 0.274 e. The first kappa shape index (κ1) is 21.7. The number of nitrogens with zero attached hydrogens (tertiary/aromatic N) is 2. The summed E-state index contributed by atoms with van der Waals surface area (Å²) < 4.78 is 33.2. The molecular formula is C20H22N4O4S2. The van der Waals surface area contributed by atoms with Crippen molar-refractivity contribution in [3.63, 3.8) is 0 Å². The van der Waals surface area contributed by atoms with Gasteiger partial charge in [0.2, 0.25) is 10.0 Å². The van der Waals surface area contributed by atoms with E-state index in [9.17, 15) is 13.2 Å². The molecule has 30 heavy (non-hydrogen) atoms. The van der Waals surface area contributed by atoms with Crippen molar-refractivity contribution >= 4 is 39.1 Å². The molecule has 158 valence electrons. The standard InChI is InChI=1S/C20H22N4O4S2/c1-4-30(26,27)23-16-11-10-14(12-18(16)28-2)22-19(25)17-13-21-20(29-3)24(17)15-8-6-5-7-9-15/h5-13,23H,4H2,1-3H3,(H,22,25). The van der Waals surface area contributed by atoms with Crippen LogP contribution in [0.4, 0.5) is 11.4 Å². The molecule has 8 nitrogen and oxygen atoms in total. The third kappa shape index (κ3) is 4.77. The van der Waals surface area contributed by atoms with E-state index in [0.29, 0.717) is 28.0 Å². The highest BCUT2D eigenvalue weighted by atomic mass is 32.2.